The first-order valence-corrected chi connectivity index (χ1v) is 8.49. The molecule has 0 fully saturated rings. The smallest absolute Gasteiger partial charge is 0.270 e. The van der Waals surface area contributed by atoms with Crippen molar-refractivity contribution in [1.82, 2.24) is 5.06 Å². The van der Waals surface area contributed by atoms with Gasteiger partial charge in [-0.1, -0.05) is 20.8 Å². The average Bonchev–Trinajstić information content (AvgIpc) is 2.58. The SMILES string of the molecule is CCCC(=O)N(OC[C@@H](O)[C@@H](O)[C@H](O)[C@@H](O)C=O)C(=O)[C@@H](N)CC(C)C. The molecule has 0 aromatic carbocycles. The third-order valence-electron chi connectivity index (χ3n) is 3.54. The molecule has 10 nitrogen and oxygen atoms in total. The van der Waals surface area contributed by atoms with E-state index in [2.05, 4.69) is 0 Å². The minimum absolute atomic E-state index is 0.00523. The first-order valence-electron chi connectivity index (χ1n) is 8.49. The van der Waals surface area contributed by atoms with Crippen LogP contribution in [0.2, 0.25) is 0 Å². The van der Waals surface area contributed by atoms with Crippen LogP contribution in [-0.4, -0.2) is 80.7 Å². The Morgan fingerprint density at radius 2 is 1.73 bits per heavy atom. The number of carbonyl (C=O) groups excluding carboxylic acids is 3. The molecule has 0 bridgehead atoms. The van der Waals surface area contributed by atoms with Crippen molar-refractivity contribution < 1.29 is 39.6 Å². The van der Waals surface area contributed by atoms with Crippen molar-refractivity contribution in [2.24, 2.45) is 11.7 Å². The number of aldehydes is 1. The monoisotopic (exact) mass is 378 g/mol. The summed E-state index contributed by atoms with van der Waals surface area (Å²) in [6.07, 6.45) is -6.81. The number of aliphatic hydroxyl groups excluding tert-OH is 4. The molecule has 26 heavy (non-hydrogen) atoms. The Morgan fingerprint density at radius 1 is 1.15 bits per heavy atom. The maximum absolute atomic E-state index is 12.3. The molecule has 0 unspecified atom stereocenters. The van der Waals surface area contributed by atoms with Crippen LogP contribution in [-0.2, 0) is 19.2 Å². The molecule has 0 aliphatic carbocycles. The molecule has 0 heterocycles. The first-order chi connectivity index (χ1) is 12.1. The minimum Gasteiger partial charge on any atom is -0.388 e. The molecular formula is C16H30N2O8. The minimum atomic E-state index is -1.95. The van der Waals surface area contributed by atoms with Gasteiger partial charge in [-0.2, -0.15) is 5.06 Å². The van der Waals surface area contributed by atoms with Crippen LogP contribution in [0.3, 0.4) is 0 Å². The fraction of sp³-hybridized carbons (Fsp3) is 0.812. The number of nitrogens with zero attached hydrogens (tertiary/aromatic N) is 1. The summed E-state index contributed by atoms with van der Waals surface area (Å²) in [5.41, 5.74) is 5.78. The van der Waals surface area contributed by atoms with E-state index in [1.807, 2.05) is 13.8 Å². The van der Waals surface area contributed by atoms with Gasteiger partial charge in [0.05, 0.1) is 6.04 Å². The summed E-state index contributed by atoms with van der Waals surface area (Å²) in [7, 11) is 0. The molecular weight excluding hydrogens is 348 g/mol. The zero-order valence-electron chi connectivity index (χ0n) is 15.3. The molecule has 0 saturated carbocycles. The second kappa shape index (κ2) is 12.0. The van der Waals surface area contributed by atoms with Crippen LogP contribution in [0.5, 0.6) is 0 Å². The molecule has 152 valence electrons. The van der Waals surface area contributed by atoms with Crippen LogP contribution in [0.15, 0.2) is 0 Å². The molecule has 2 amide bonds. The summed E-state index contributed by atoms with van der Waals surface area (Å²) in [5, 5.41) is 38.6. The number of hydrogen-bond donors (Lipinski definition) is 5. The van der Waals surface area contributed by atoms with Crippen molar-refractivity contribution in [3.63, 3.8) is 0 Å². The topological polar surface area (TPSA) is 171 Å². The first kappa shape index (κ1) is 24.6. The molecule has 0 aliphatic heterocycles. The molecule has 0 radical (unpaired) electrons. The van der Waals surface area contributed by atoms with E-state index in [4.69, 9.17) is 15.7 Å². The maximum atomic E-state index is 12.3. The predicted octanol–water partition coefficient (Wildman–Crippen LogP) is -1.91. The largest absolute Gasteiger partial charge is 0.388 e. The number of hydrogen-bond acceptors (Lipinski definition) is 9. The Bertz CT molecular complexity index is 460. The lowest BCUT2D eigenvalue weighted by Crippen LogP contribution is -2.50. The molecule has 0 rings (SSSR count). The van der Waals surface area contributed by atoms with Crippen molar-refractivity contribution in [1.29, 1.82) is 0 Å². The quantitative estimate of drug-likeness (QED) is 0.192. The van der Waals surface area contributed by atoms with Gasteiger partial charge in [0.1, 0.15) is 31.0 Å². The van der Waals surface area contributed by atoms with Crippen LogP contribution in [0.25, 0.3) is 0 Å². The van der Waals surface area contributed by atoms with Gasteiger partial charge in [-0.25, -0.2) is 0 Å². The summed E-state index contributed by atoms with van der Waals surface area (Å²) < 4.78 is 0. The van der Waals surface area contributed by atoms with Gasteiger partial charge in [0.2, 0.25) is 0 Å². The van der Waals surface area contributed by atoms with Gasteiger partial charge in [-0.05, 0) is 18.8 Å². The lowest BCUT2D eigenvalue weighted by Gasteiger charge is -2.27. The highest BCUT2D eigenvalue weighted by molar-refractivity contribution is 5.96. The van der Waals surface area contributed by atoms with Crippen molar-refractivity contribution >= 4 is 18.1 Å². The highest BCUT2D eigenvalue weighted by Crippen LogP contribution is 2.11. The summed E-state index contributed by atoms with van der Waals surface area (Å²) in [4.78, 5) is 39.9. The van der Waals surface area contributed by atoms with Gasteiger partial charge in [0.25, 0.3) is 11.8 Å². The second-order valence-corrected chi connectivity index (χ2v) is 6.48. The van der Waals surface area contributed by atoms with Gasteiger partial charge in [-0.15, -0.1) is 0 Å². The summed E-state index contributed by atoms with van der Waals surface area (Å²) in [6, 6.07) is -0.986. The number of aliphatic hydroxyl groups is 4. The van der Waals surface area contributed by atoms with Crippen molar-refractivity contribution in [3.8, 4) is 0 Å². The molecule has 5 atom stereocenters. The number of imide groups is 1. The zero-order valence-corrected chi connectivity index (χ0v) is 15.3. The predicted molar refractivity (Wildman–Crippen MR) is 90.2 cm³/mol. The van der Waals surface area contributed by atoms with Crippen LogP contribution in [0.4, 0.5) is 0 Å². The number of nitrogens with two attached hydrogens (primary N) is 1. The number of carbonyl (C=O) groups is 3. The number of rotatable bonds is 12. The van der Waals surface area contributed by atoms with Crippen molar-refractivity contribution in [2.45, 2.75) is 70.5 Å². The van der Waals surface area contributed by atoms with E-state index in [-0.39, 0.29) is 18.6 Å². The van der Waals surface area contributed by atoms with Gasteiger partial charge < -0.3 is 31.0 Å². The third kappa shape index (κ3) is 7.85. The Kier molecular flexibility index (Phi) is 11.4. The Morgan fingerprint density at radius 3 is 2.19 bits per heavy atom. The number of amides is 2. The molecule has 6 N–H and O–H groups in total. The zero-order chi connectivity index (χ0) is 20.4. The molecule has 0 aliphatic rings. The Hall–Kier alpha value is -1.43. The number of hydroxylamine groups is 2. The normalized spacial score (nSPS) is 17.3. The van der Waals surface area contributed by atoms with Crippen LogP contribution < -0.4 is 5.73 Å². The third-order valence-corrected chi connectivity index (χ3v) is 3.54. The van der Waals surface area contributed by atoms with Gasteiger partial charge >= 0.3 is 0 Å². The van der Waals surface area contributed by atoms with E-state index in [1.165, 1.54) is 0 Å². The van der Waals surface area contributed by atoms with Gasteiger partial charge in [0, 0.05) is 6.42 Å². The molecule has 0 spiro atoms. The molecule has 0 aromatic heterocycles. The van der Waals surface area contributed by atoms with Crippen LogP contribution in [0.1, 0.15) is 40.0 Å². The molecule has 0 saturated heterocycles. The summed E-state index contributed by atoms with van der Waals surface area (Å²) >= 11 is 0. The lowest BCUT2D eigenvalue weighted by molar-refractivity contribution is -0.210. The van der Waals surface area contributed by atoms with Crippen molar-refractivity contribution in [2.75, 3.05) is 6.61 Å². The highest BCUT2D eigenvalue weighted by Gasteiger charge is 2.33. The van der Waals surface area contributed by atoms with Crippen LogP contribution >= 0.6 is 0 Å². The highest BCUT2D eigenvalue weighted by atomic mass is 16.7. The standard InChI is InChI=1S/C16H30N2O8/c1-4-5-13(22)18(16(25)10(17)6-9(2)3)26-8-12(21)15(24)14(23)11(20)7-19/h7,9-12,14-15,20-21,23-24H,4-6,8,17H2,1-3H3/t10-,11-,12+,14+,15+/m0/s1. The molecule has 10 heteroatoms. The van der Waals surface area contributed by atoms with E-state index in [0.717, 1.165) is 0 Å². The maximum Gasteiger partial charge on any atom is 0.270 e. The van der Waals surface area contributed by atoms with E-state index in [9.17, 15) is 29.7 Å². The Labute approximate surface area is 152 Å². The molecule has 0 aromatic rings. The van der Waals surface area contributed by atoms with Gasteiger partial charge in [-0.3, -0.25) is 14.4 Å². The van der Waals surface area contributed by atoms with E-state index in [0.29, 0.717) is 17.9 Å². The fourth-order valence-corrected chi connectivity index (χ4v) is 2.09. The lowest BCUT2D eigenvalue weighted by atomic mass is 10.0. The van der Waals surface area contributed by atoms with E-state index < -0.39 is 48.9 Å². The fourth-order valence-electron chi connectivity index (χ4n) is 2.09. The van der Waals surface area contributed by atoms with E-state index in [1.54, 1.807) is 6.92 Å². The average molecular weight is 378 g/mol. The van der Waals surface area contributed by atoms with E-state index >= 15 is 0 Å². The Balaban J connectivity index is 5.00. The van der Waals surface area contributed by atoms with Gasteiger partial charge in [0.15, 0.2) is 6.29 Å². The van der Waals surface area contributed by atoms with Crippen LogP contribution in [0, 0.1) is 5.92 Å². The van der Waals surface area contributed by atoms with Crippen molar-refractivity contribution in [3.05, 3.63) is 0 Å². The summed E-state index contributed by atoms with van der Waals surface area (Å²) in [5.74, 6) is -1.34. The summed E-state index contributed by atoms with van der Waals surface area (Å²) in [6.45, 7) is 4.70. The second-order valence-electron chi connectivity index (χ2n) is 6.48.